The Hall–Kier alpha value is -0.540. The van der Waals surface area contributed by atoms with Gasteiger partial charge >= 0.3 is 0 Å². The summed E-state index contributed by atoms with van der Waals surface area (Å²) in [5, 5.41) is 0. The number of hydrogen-bond donors (Lipinski definition) is 1. The van der Waals surface area contributed by atoms with Gasteiger partial charge in [-0.3, -0.25) is 4.72 Å². The summed E-state index contributed by atoms with van der Waals surface area (Å²) < 4.78 is 15.7. The summed E-state index contributed by atoms with van der Waals surface area (Å²) >= 11 is 1.54. The Balaban J connectivity index is 2.33. The Morgan fingerprint density at radius 3 is 2.46 bits per heavy atom. The summed E-state index contributed by atoms with van der Waals surface area (Å²) in [6.07, 6.45) is 0. The van der Waals surface area contributed by atoms with E-state index in [1.54, 1.807) is 24.1 Å². The van der Waals surface area contributed by atoms with Crippen molar-refractivity contribution in [2.45, 2.75) is 18.7 Å². The molecule has 1 aromatic rings. The van der Waals surface area contributed by atoms with Crippen LogP contribution in [0.15, 0.2) is 29.2 Å². The molecule has 0 saturated carbocycles. The Morgan fingerprint density at radius 1 is 1.31 bits per heavy atom. The molecule has 0 aliphatic carbocycles. The molecule has 0 radical (unpaired) electrons. The van der Waals surface area contributed by atoms with Crippen LogP contribution >= 0.6 is 11.9 Å². The molecule has 0 unspecified atom stereocenters. The number of hydrogen-bond acceptors (Lipinski definition) is 2. The molecule has 13 heavy (non-hydrogen) atoms. The van der Waals surface area contributed by atoms with Crippen molar-refractivity contribution in [2.75, 3.05) is 6.54 Å². The van der Waals surface area contributed by atoms with Gasteiger partial charge < -0.3 is 0 Å². The van der Waals surface area contributed by atoms with E-state index in [0.717, 1.165) is 11.4 Å². The third kappa shape index (κ3) is 4.29. The Kier molecular flexibility index (Phi) is 4.25. The molecule has 3 heteroatoms. The van der Waals surface area contributed by atoms with Crippen LogP contribution in [0.25, 0.3) is 0 Å². The minimum Gasteiger partial charge on any atom is -0.260 e. The Bertz CT molecular complexity index is 246. The zero-order valence-electron chi connectivity index (χ0n) is 7.88. The second-order valence-electron chi connectivity index (χ2n) is 3.30. The van der Waals surface area contributed by atoms with E-state index in [1.165, 1.54) is 12.1 Å². The molecule has 0 aliphatic heterocycles. The number of halogens is 1. The standard InChI is InChI=1S/C10H14FNS/c1-8(2)7-12-13-10-5-3-9(11)4-6-10/h3-6,8,12H,7H2,1-2H3. The highest BCUT2D eigenvalue weighted by atomic mass is 32.2. The summed E-state index contributed by atoms with van der Waals surface area (Å²) in [7, 11) is 0. The smallest absolute Gasteiger partial charge is 0.123 e. The lowest BCUT2D eigenvalue weighted by Crippen LogP contribution is -2.11. The van der Waals surface area contributed by atoms with Crippen molar-refractivity contribution < 1.29 is 4.39 Å². The van der Waals surface area contributed by atoms with E-state index in [-0.39, 0.29) is 5.82 Å². The normalized spacial score (nSPS) is 10.8. The Labute approximate surface area is 82.9 Å². The first kappa shape index (κ1) is 10.5. The third-order valence-electron chi connectivity index (χ3n) is 1.50. The van der Waals surface area contributed by atoms with Crippen LogP contribution in [0.1, 0.15) is 13.8 Å². The van der Waals surface area contributed by atoms with Crippen LogP contribution in [-0.4, -0.2) is 6.54 Å². The van der Waals surface area contributed by atoms with Crippen LogP contribution < -0.4 is 4.72 Å². The van der Waals surface area contributed by atoms with Gasteiger partial charge in [-0.25, -0.2) is 4.39 Å². The van der Waals surface area contributed by atoms with Gasteiger partial charge in [0.15, 0.2) is 0 Å². The molecule has 0 fully saturated rings. The van der Waals surface area contributed by atoms with Crippen molar-refractivity contribution in [3.05, 3.63) is 30.1 Å². The fourth-order valence-corrected chi connectivity index (χ4v) is 1.65. The molecule has 1 rings (SSSR count). The number of nitrogens with one attached hydrogen (secondary N) is 1. The molecule has 72 valence electrons. The molecular weight excluding hydrogens is 185 g/mol. The van der Waals surface area contributed by atoms with Gasteiger partial charge in [0, 0.05) is 11.4 Å². The van der Waals surface area contributed by atoms with Crippen LogP contribution in [-0.2, 0) is 0 Å². The third-order valence-corrected chi connectivity index (χ3v) is 2.31. The van der Waals surface area contributed by atoms with Gasteiger partial charge in [-0.1, -0.05) is 13.8 Å². The van der Waals surface area contributed by atoms with Crippen molar-refractivity contribution in [3.63, 3.8) is 0 Å². The largest absolute Gasteiger partial charge is 0.260 e. The molecule has 0 bridgehead atoms. The minimum absolute atomic E-state index is 0.187. The average Bonchev–Trinajstić information content (AvgIpc) is 2.08. The SMILES string of the molecule is CC(C)CNSc1ccc(F)cc1. The number of rotatable bonds is 4. The highest BCUT2D eigenvalue weighted by Crippen LogP contribution is 2.14. The molecule has 0 saturated heterocycles. The van der Waals surface area contributed by atoms with Gasteiger partial charge in [0.2, 0.25) is 0 Å². The predicted molar refractivity (Wildman–Crippen MR) is 55.1 cm³/mol. The van der Waals surface area contributed by atoms with E-state index in [4.69, 9.17) is 0 Å². The first-order valence-electron chi connectivity index (χ1n) is 4.34. The summed E-state index contributed by atoms with van der Waals surface area (Å²) in [4.78, 5) is 1.04. The molecule has 1 aromatic carbocycles. The second kappa shape index (κ2) is 5.25. The van der Waals surface area contributed by atoms with E-state index >= 15 is 0 Å². The van der Waals surface area contributed by atoms with Crippen LogP contribution in [0, 0.1) is 11.7 Å². The van der Waals surface area contributed by atoms with E-state index in [2.05, 4.69) is 18.6 Å². The molecular formula is C10H14FNS. The topological polar surface area (TPSA) is 12.0 Å². The maximum absolute atomic E-state index is 12.5. The van der Waals surface area contributed by atoms with E-state index in [1.807, 2.05) is 0 Å². The highest BCUT2D eigenvalue weighted by molar-refractivity contribution is 7.97. The molecule has 0 amide bonds. The van der Waals surface area contributed by atoms with Crippen molar-refractivity contribution >= 4 is 11.9 Å². The van der Waals surface area contributed by atoms with Crippen LogP contribution in [0.3, 0.4) is 0 Å². The lowest BCUT2D eigenvalue weighted by molar-refractivity contribution is 0.626. The second-order valence-corrected chi connectivity index (χ2v) is 4.26. The minimum atomic E-state index is -0.187. The van der Waals surface area contributed by atoms with Gasteiger partial charge in [-0.15, -0.1) is 0 Å². The van der Waals surface area contributed by atoms with Gasteiger partial charge in [-0.2, -0.15) is 0 Å². The van der Waals surface area contributed by atoms with E-state index in [0.29, 0.717) is 5.92 Å². The highest BCUT2D eigenvalue weighted by Gasteiger charge is 1.95. The summed E-state index contributed by atoms with van der Waals surface area (Å²) in [5.41, 5.74) is 0. The fourth-order valence-electron chi connectivity index (χ4n) is 0.794. The van der Waals surface area contributed by atoms with Gasteiger partial charge in [0.1, 0.15) is 5.82 Å². The maximum atomic E-state index is 12.5. The molecule has 0 heterocycles. The number of benzene rings is 1. The lowest BCUT2D eigenvalue weighted by atomic mass is 10.2. The van der Waals surface area contributed by atoms with Gasteiger partial charge in [0.25, 0.3) is 0 Å². The first-order chi connectivity index (χ1) is 6.18. The zero-order valence-corrected chi connectivity index (χ0v) is 8.70. The van der Waals surface area contributed by atoms with Crippen molar-refractivity contribution in [1.29, 1.82) is 0 Å². The maximum Gasteiger partial charge on any atom is 0.123 e. The molecule has 0 spiro atoms. The van der Waals surface area contributed by atoms with Crippen molar-refractivity contribution in [1.82, 2.24) is 4.72 Å². The van der Waals surface area contributed by atoms with E-state index < -0.39 is 0 Å². The van der Waals surface area contributed by atoms with Crippen molar-refractivity contribution in [2.24, 2.45) is 5.92 Å². The van der Waals surface area contributed by atoms with E-state index in [9.17, 15) is 4.39 Å². The van der Waals surface area contributed by atoms with Crippen LogP contribution in [0.5, 0.6) is 0 Å². The monoisotopic (exact) mass is 199 g/mol. The lowest BCUT2D eigenvalue weighted by Gasteiger charge is -2.05. The molecule has 1 N–H and O–H groups in total. The predicted octanol–water partition coefficient (Wildman–Crippen LogP) is 3.08. The van der Waals surface area contributed by atoms with Crippen LogP contribution in [0.2, 0.25) is 0 Å². The Morgan fingerprint density at radius 2 is 1.92 bits per heavy atom. The zero-order chi connectivity index (χ0) is 9.68. The summed E-state index contributed by atoms with van der Waals surface area (Å²) in [6.45, 7) is 5.26. The quantitative estimate of drug-likeness (QED) is 0.748. The average molecular weight is 199 g/mol. The van der Waals surface area contributed by atoms with Gasteiger partial charge in [-0.05, 0) is 42.1 Å². The summed E-state index contributed by atoms with van der Waals surface area (Å²) in [6, 6.07) is 6.49. The molecule has 0 aromatic heterocycles. The fraction of sp³-hybridized carbons (Fsp3) is 0.400. The summed E-state index contributed by atoms with van der Waals surface area (Å²) in [5.74, 6) is 0.446. The van der Waals surface area contributed by atoms with Gasteiger partial charge in [0.05, 0.1) is 0 Å². The molecule has 1 nitrogen and oxygen atoms in total. The first-order valence-corrected chi connectivity index (χ1v) is 5.15. The van der Waals surface area contributed by atoms with Crippen LogP contribution in [0.4, 0.5) is 4.39 Å². The molecule has 0 aliphatic rings. The van der Waals surface area contributed by atoms with Crippen molar-refractivity contribution in [3.8, 4) is 0 Å². The molecule has 0 atom stereocenters.